The van der Waals surface area contributed by atoms with Crippen molar-refractivity contribution in [3.8, 4) is 11.4 Å². The molecule has 0 spiro atoms. The molecule has 6 heteroatoms. The molecule has 0 amide bonds. The summed E-state index contributed by atoms with van der Waals surface area (Å²) < 4.78 is 28.1. The Balaban J connectivity index is 2.16. The zero-order valence-electron chi connectivity index (χ0n) is 9.99. The Hall–Kier alpha value is -2.24. The molecule has 3 rings (SSSR count). The highest BCUT2D eigenvalue weighted by molar-refractivity contribution is 5.83. The molecule has 4 nitrogen and oxygen atoms in total. The number of fused-ring (bicyclic) bond motifs is 1. The molecular formula is C13H11F2N3O. The monoisotopic (exact) mass is 263 g/mol. The highest BCUT2D eigenvalue weighted by Gasteiger charge is 2.20. The maximum absolute atomic E-state index is 13.3. The molecular weight excluding hydrogens is 252 g/mol. The lowest BCUT2D eigenvalue weighted by atomic mass is 10.2. The Bertz CT molecular complexity index is 652. The highest BCUT2D eigenvalue weighted by atomic mass is 19.2. The Kier molecular flexibility index (Phi) is 2.77. The summed E-state index contributed by atoms with van der Waals surface area (Å²) in [5.74, 6) is -0.710. The van der Waals surface area contributed by atoms with Crippen LogP contribution in [0.15, 0.2) is 18.2 Å². The summed E-state index contributed by atoms with van der Waals surface area (Å²) in [6.45, 7) is 1.46. The first-order valence-electron chi connectivity index (χ1n) is 5.95. The van der Waals surface area contributed by atoms with Crippen molar-refractivity contribution in [2.24, 2.45) is 0 Å². The number of aromatic nitrogens is 2. The first-order valence-corrected chi connectivity index (χ1v) is 5.95. The molecule has 1 aromatic heterocycles. The Morgan fingerprint density at radius 1 is 1.32 bits per heavy atom. The molecule has 0 bridgehead atoms. The average Bonchev–Trinajstić information content (AvgIpc) is 2.81. The number of aldehydes is 1. The van der Waals surface area contributed by atoms with Crippen LogP contribution < -0.4 is 5.32 Å². The predicted molar refractivity (Wildman–Crippen MR) is 66.1 cm³/mol. The van der Waals surface area contributed by atoms with Crippen LogP contribution in [0.5, 0.6) is 0 Å². The van der Waals surface area contributed by atoms with Gasteiger partial charge in [0.25, 0.3) is 0 Å². The van der Waals surface area contributed by atoms with Crippen LogP contribution in [0.25, 0.3) is 11.4 Å². The summed E-state index contributed by atoms with van der Waals surface area (Å²) in [5.41, 5.74) is 0.747. The molecule has 98 valence electrons. The quantitative estimate of drug-likeness (QED) is 0.847. The minimum Gasteiger partial charge on any atom is -0.369 e. The van der Waals surface area contributed by atoms with Gasteiger partial charge in [0.05, 0.1) is 0 Å². The summed E-state index contributed by atoms with van der Waals surface area (Å²) >= 11 is 0. The van der Waals surface area contributed by atoms with Crippen LogP contribution in [-0.2, 0) is 6.54 Å². The molecule has 19 heavy (non-hydrogen) atoms. The van der Waals surface area contributed by atoms with Crippen LogP contribution in [0.1, 0.15) is 16.9 Å². The fraction of sp³-hybridized carbons (Fsp3) is 0.231. The second-order valence-electron chi connectivity index (χ2n) is 4.35. The van der Waals surface area contributed by atoms with E-state index in [1.165, 1.54) is 6.07 Å². The van der Waals surface area contributed by atoms with Gasteiger partial charge in [0.1, 0.15) is 17.3 Å². The van der Waals surface area contributed by atoms with Crippen LogP contribution in [0.4, 0.5) is 14.6 Å². The van der Waals surface area contributed by atoms with Gasteiger partial charge in [-0.25, -0.2) is 13.8 Å². The Morgan fingerprint density at radius 2 is 2.16 bits per heavy atom. The minimum absolute atomic E-state index is 0.291. The van der Waals surface area contributed by atoms with E-state index >= 15 is 0 Å². The topological polar surface area (TPSA) is 46.9 Å². The van der Waals surface area contributed by atoms with Crippen LogP contribution in [0.3, 0.4) is 0 Å². The SMILES string of the molecule is O=Cc1nc(-c2ccc(F)c(F)c2)n2c1NCCC2. The molecule has 0 saturated heterocycles. The second kappa shape index (κ2) is 4.46. The molecule has 1 N–H and O–H groups in total. The molecule has 0 atom stereocenters. The second-order valence-corrected chi connectivity index (χ2v) is 4.35. The van der Waals surface area contributed by atoms with Gasteiger partial charge in [-0.2, -0.15) is 0 Å². The van der Waals surface area contributed by atoms with Gasteiger partial charge < -0.3 is 9.88 Å². The zero-order valence-corrected chi connectivity index (χ0v) is 9.99. The lowest BCUT2D eigenvalue weighted by Crippen LogP contribution is -2.18. The molecule has 0 saturated carbocycles. The smallest absolute Gasteiger partial charge is 0.172 e. The maximum Gasteiger partial charge on any atom is 0.172 e. The first-order chi connectivity index (χ1) is 9.20. The third-order valence-electron chi connectivity index (χ3n) is 3.13. The number of carbonyl (C=O) groups excluding carboxylic acids is 1. The van der Waals surface area contributed by atoms with Gasteiger partial charge in [-0.3, -0.25) is 4.79 Å². The molecule has 1 aliphatic rings. The largest absolute Gasteiger partial charge is 0.369 e. The van der Waals surface area contributed by atoms with Crippen molar-refractivity contribution in [2.45, 2.75) is 13.0 Å². The van der Waals surface area contributed by atoms with Crippen molar-refractivity contribution in [3.63, 3.8) is 0 Å². The van der Waals surface area contributed by atoms with E-state index in [-0.39, 0.29) is 0 Å². The number of rotatable bonds is 2. The third-order valence-corrected chi connectivity index (χ3v) is 3.13. The van der Waals surface area contributed by atoms with Crippen molar-refractivity contribution < 1.29 is 13.6 Å². The number of benzene rings is 1. The van der Waals surface area contributed by atoms with Gasteiger partial charge in [-0.1, -0.05) is 0 Å². The molecule has 0 unspecified atom stereocenters. The van der Waals surface area contributed by atoms with E-state index in [1.807, 2.05) is 4.57 Å². The number of hydrogen-bond acceptors (Lipinski definition) is 3. The number of imidazole rings is 1. The third kappa shape index (κ3) is 1.89. The lowest BCUT2D eigenvalue weighted by Gasteiger charge is -2.18. The predicted octanol–water partition coefficient (Wildman–Crippen LogP) is 2.46. The van der Waals surface area contributed by atoms with E-state index in [9.17, 15) is 13.6 Å². The van der Waals surface area contributed by atoms with Crippen LogP contribution >= 0.6 is 0 Å². The number of nitrogens with zero attached hydrogens (tertiary/aromatic N) is 2. The lowest BCUT2D eigenvalue weighted by molar-refractivity contribution is 0.112. The van der Waals surface area contributed by atoms with Gasteiger partial charge in [-0.15, -0.1) is 0 Å². The molecule has 0 radical (unpaired) electrons. The highest BCUT2D eigenvalue weighted by Crippen LogP contribution is 2.28. The molecule has 1 aliphatic heterocycles. The van der Waals surface area contributed by atoms with Crippen molar-refractivity contribution in [1.82, 2.24) is 9.55 Å². The molecule has 2 aromatic rings. The van der Waals surface area contributed by atoms with E-state index in [4.69, 9.17) is 0 Å². The van der Waals surface area contributed by atoms with Crippen LogP contribution in [0, 0.1) is 11.6 Å². The number of nitrogens with one attached hydrogen (secondary N) is 1. The van der Waals surface area contributed by atoms with Gasteiger partial charge >= 0.3 is 0 Å². The number of anilines is 1. The van der Waals surface area contributed by atoms with Gasteiger partial charge in [0.2, 0.25) is 0 Å². The van der Waals surface area contributed by atoms with Crippen molar-refractivity contribution >= 4 is 12.1 Å². The van der Waals surface area contributed by atoms with Gasteiger partial charge in [-0.05, 0) is 24.6 Å². The summed E-state index contributed by atoms with van der Waals surface area (Å²) in [6, 6.07) is 3.61. The van der Waals surface area contributed by atoms with E-state index < -0.39 is 11.6 Å². The van der Waals surface area contributed by atoms with E-state index in [0.717, 1.165) is 25.1 Å². The van der Waals surface area contributed by atoms with Crippen LogP contribution in [-0.4, -0.2) is 22.4 Å². The van der Waals surface area contributed by atoms with E-state index in [1.54, 1.807) is 0 Å². The first kappa shape index (κ1) is 11.8. The molecule has 1 aromatic carbocycles. The molecule has 0 aliphatic carbocycles. The summed E-state index contributed by atoms with van der Waals surface area (Å²) in [5, 5.41) is 3.10. The summed E-state index contributed by atoms with van der Waals surface area (Å²) in [4.78, 5) is 15.2. The van der Waals surface area contributed by atoms with Crippen molar-refractivity contribution in [2.75, 3.05) is 11.9 Å². The fourth-order valence-corrected chi connectivity index (χ4v) is 2.26. The standard InChI is InChI=1S/C13H11F2N3O/c14-9-3-2-8(6-10(9)15)12-17-11(7-19)13-16-4-1-5-18(12)13/h2-3,6-7,16H,1,4-5H2. The average molecular weight is 263 g/mol. The molecule has 2 heterocycles. The van der Waals surface area contributed by atoms with Crippen molar-refractivity contribution in [3.05, 3.63) is 35.5 Å². The zero-order chi connectivity index (χ0) is 13.4. The fourth-order valence-electron chi connectivity index (χ4n) is 2.26. The number of hydrogen-bond donors (Lipinski definition) is 1. The number of halogens is 2. The van der Waals surface area contributed by atoms with Gasteiger partial charge in [0, 0.05) is 18.7 Å². The van der Waals surface area contributed by atoms with E-state index in [0.29, 0.717) is 35.7 Å². The number of carbonyl (C=O) groups is 1. The van der Waals surface area contributed by atoms with Crippen LogP contribution in [0.2, 0.25) is 0 Å². The molecule has 0 fully saturated rings. The normalized spacial score (nSPS) is 13.8. The van der Waals surface area contributed by atoms with Gasteiger partial charge in [0.15, 0.2) is 17.9 Å². The summed E-state index contributed by atoms with van der Waals surface area (Å²) in [7, 11) is 0. The van der Waals surface area contributed by atoms with E-state index in [2.05, 4.69) is 10.3 Å². The Morgan fingerprint density at radius 3 is 2.89 bits per heavy atom. The van der Waals surface area contributed by atoms with Crippen molar-refractivity contribution in [1.29, 1.82) is 0 Å². The summed E-state index contributed by atoms with van der Waals surface area (Å²) in [6.07, 6.45) is 1.55. The Labute approximate surface area is 108 Å². The maximum atomic E-state index is 13.3. The minimum atomic E-state index is -0.925.